The van der Waals surface area contributed by atoms with E-state index in [9.17, 15) is 14.9 Å². The van der Waals surface area contributed by atoms with Gasteiger partial charge in [-0.05, 0) is 26.0 Å². The molecule has 1 aromatic carbocycles. The zero-order valence-corrected chi connectivity index (χ0v) is 15.4. The van der Waals surface area contributed by atoms with Crippen LogP contribution in [0.25, 0.3) is 6.08 Å². The van der Waals surface area contributed by atoms with Gasteiger partial charge in [0.2, 0.25) is 5.91 Å². The van der Waals surface area contributed by atoms with Crippen molar-refractivity contribution in [3.8, 4) is 0 Å². The van der Waals surface area contributed by atoms with Gasteiger partial charge in [-0.3, -0.25) is 19.8 Å². The van der Waals surface area contributed by atoms with Crippen LogP contribution in [0, 0.1) is 24.0 Å². The number of nitro groups is 1. The number of rotatable bonds is 5. The second-order valence-corrected chi connectivity index (χ2v) is 6.55. The predicted molar refractivity (Wildman–Crippen MR) is 100.0 cm³/mol. The Kier molecular flexibility index (Phi) is 5.66. The van der Waals surface area contributed by atoms with Gasteiger partial charge in [-0.1, -0.05) is 17.3 Å². The number of nitro benzene ring substituents is 1. The van der Waals surface area contributed by atoms with Crippen LogP contribution >= 0.6 is 0 Å². The fourth-order valence-corrected chi connectivity index (χ4v) is 3.14. The first kappa shape index (κ1) is 18.8. The minimum absolute atomic E-state index is 0.00849. The van der Waals surface area contributed by atoms with E-state index >= 15 is 0 Å². The number of nitrogens with zero attached hydrogens (tertiary/aromatic N) is 4. The first-order valence-electron chi connectivity index (χ1n) is 8.80. The maximum atomic E-state index is 12.4. The van der Waals surface area contributed by atoms with Crippen molar-refractivity contribution in [1.29, 1.82) is 0 Å². The molecule has 2 heterocycles. The highest BCUT2D eigenvalue weighted by atomic mass is 16.6. The van der Waals surface area contributed by atoms with Gasteiger partial charge in [0.25, 0.3) is 5.69 Å². The molecule has 8 heteroatoms. The molecule has 142 valence electrons. The third-order valence-corrected chi connectivity index (χ3v) is 4.79. The minimum Gasteiger partial charge on any atom is -0.361 e. The van der Waals surface area contributed by atoms with Gasteiger partial charge in [-0.15, -0.1) is 0 Å². The van der Waals surface area contributed by atoms with Gasteiger partial charge in [0.15, 0.2) is 0 Å². The van der Waals surface area contributed by atoms with Gasteiger partial charge < -0.3 is 9.42 Å². The van der Waals surface area contributed by atoms with Gasteiger partial charge in [-0.2, -0.15) is 0 Å². The molecule has 1 fully saturated rings. The van der Waals surface area contributed by atoms with E-state index in [4.69, 9.17) is 4.52 Å². The summed E-state index contributed by atoms with van der Waals surface area (Å²) >= 11 is 0. The Bertz CT molecular complexity index is 847. The standard InChI is InChI=1S/C19H22N4O4/c1-14-17(15(2)27-20-14)13-21-9-11-22(12-10-21)19(24)8-7-16-5-3-4-6-18(16)23(25)26/h3-8H,9-13H2,1-2H3. The molecule has 0 unspecified atom stereocenters. The number of aryl methyl sites for hydroxylation is 2. The first-order chi connectivity index (χ1) is 13.0. The lowest BCUT2D eigenvalue weighted by molar-refractivity contribution is -0.385. The van der Waals surface area contributed by atoms with E-state index in [0.29, 0.717) is 18.7 Å². The number of amides is 1. The summed E-state index contributed by atoms with van der Waals surface area (Å²) in [6, 6.07) is 6.38. The van der Waals surface area contributed by atoms with Crippen LogP contribution in [-0.2, 0) is 11.3 Å². The highest BCUT2D eigenvalue weighted by Crippen LogP contribution is 2.19. The van der Waals surface area contributed by atoms with Gasteiger partial charge in [0.05, 0.1) is 16.2 Å². The molecular weight excluding hydrogens is 348 g/mol. The minimum atomic E-state index is -0.447. The van der Waals surface area contributed by atoms with E-state index < -0.39 is 4.92 Å². The Labute approximate surface area is 157 Å². The third-order valence-electron chi connectivity index (χ3n) is 4.79. The van der Waals surface area contributed by atoms with Gasteiger partial charge in [0, 0.05) is 50.4 Å². The van der Waals surface area contributed by atoms with E-state index in [-0.39, 0.29) is 11.6 Å². The molecule has 1 saturated heterocycles. The normalized spacial score (nSPS) is 15.4. The lowest BCUT2D eigenvalue weighted by atomic mass is 10.1. The summed E-state index contributed by atoms with van der Waals surface area (Å²) in [4.78, 5) is 27.0. The largest absolute Gasteiger partial charge is 0.361 e. The summed E-state index contributed by atoms with van der Waals surface area (Å²) < 4.78 is 5.20. The highest BCUT2D eigenvalue weighted by Gasteiger charge is 2.22. The fraction of sp³-hybridized carbons (Fsp3) is 0.368. The molecule has 1 aromatic heterocycles. The Morgan fingerprint density at radius 2 is 1.96 bits per heavy atom. The number of benzene rings is 1. The van der Waals surface area contributed by atoms with Crippen LogP contribution < -0.4 is 0 Å². The predicted octanol–water partition coefficient (Wildman–Crippen LogP) is 2.56. The third kappa shape index (κ3) is 4.40. The average Bonchev–Trinajstić information content (AvgIpc) is 2.99. The van der Waals surface area contributed by atoms with E-state index in [1.165, 1.54) is 18.2 Å². The van der Waals surface area contributed by atoms with Crippen molar-refractivity contribution in [2.75, 3.05) is 26.2 Å². The number of piperazine rings is 1. The SMILES string of the molecule is Cc1noc(C)c1CN1CCN(C(=O)C=Cc2ccccc2[N+](=O)[O-])CC1. The number of hydrogen-bond donors (Lipinski definition) is 0. The maximum absolute atomic E-state index is 12.4. The molecular formula is C19H22N4O4. The zero-order chi connectivity index (χ0) is 19.4. The zero-order valence-electron chi connectivity index (χ0n) is 15.4. The monoisotopic (exact) mass is 370 g/mol. The number of hydrogen-bond acceptors (Lipinski definition) is 6. The summed E-state index contributed by atoms with van der Waals surface area (Å²) in [5.74, 6) is 0.698. The van der Waals surface area contributed by atoms with Crippen molar-refractivity contribution >= 4 is 17.7 Å². The molecule has 1 aliphatic heterocycles. The molecule has 3 rings (SSSR count). The topological polar surface area (TPSA) is 92.7 Å². The highest BCUT2D eigenvalue weighted by molar-refractivity contribution is 5.92. The van der Waals surface area contributed by atoms with E-state index in [1.54, 1.807) is 23.1 Å². The molecule has 8 nitrogen and oxygen atoms in total. The van der Waals surface area contributed by atoms with Crippen molar-refractivity contribution in [1.82, 2.24) is 15.0 Å². The summed E-state index contributed by atoms with van der Waals surface area (Å²) in [6.07, 6.45) is 2.92. The summed E-state index contributed by atoms with van der Waals surface area (Å²) in [5.41, 5.74) is 2.42. The summed E-state index contributed by atoms with van der Waals surface area (Å²) in [5, 5.41) is 15.0. The van der Waals surface area contributed by atoms with Crippen LogP contribution in [0.2, 0.25) is 0 Å². The molecule has 0 N–H and O–H groups in total. The van der Waals surface area contributed by atoms with E-state index in [1.807, 2.05) is 13.8 Å². The van der Waals surface area contributed by atoms with E-state index in [0.717, 1.165) is 36.7 Å². The number of para-hydroxylation sites is 1. The van der Waals surface area contributed by atoms with Crippen molar-refractivity contribution in [3.05, 3.63) is 63.0 Å². The molecule has 1 amide bonds. The van der Waals surface area contributed by atoms with Crippen LogP contribution in [0.15, 0.2) is 34.9 Å². The maximum Gasteiger partial charge on any atom is 0.276 e. The van der Waals surface area contributed by atoms with Crippen LogP contribution in [0.4, 0.5) is 5.69 Å². The average molecular weight is 370 g/mol. The van der Waals surface area contributed by atoms with Crippen LogP contribution in [0.5, 0.6) is 0 Å². The lowest BCUT2D eigenvalue weighted by Crippen LogP contribution is -2.47. The Morgan fingerprint density at radius 3 is 2.59 bits per heavy atom. The van der Waals surface area contributed by atoms with Gasteiger partial charge >= 0.3 is 0 Å². The molecule has 0 bridgehead atoms. The van der Waals surface area contributed by atoms with Crippen molar-refractivity contribution in [2.45, 2.75) is 20.4 Å². The molecule has 0 atom stereocenters. The lowest BCUT2D eigenvalue weighted by Gasteiger charge is -2.34. The second-order valence-electron chi connectivity index (χ2n) is 6.55. The molecule has 0 aliphatic carbocycles. The smallest absolute Gasteiger partial charge is 0.276 e. The quantitative estimate of drug-likeness (QED) is 0.456. The van der Waals surface area contributed by atoms with E-state index in [2.05, 4.69) is 10.1 Å². The van der Waals surface area contributed by atoms with Gasteiger partial charge in [0.1, 0.15) is 5.76 Å². The molecule has 0 saturated carbocycles. The Hall–Kier alpha value is -3.00. The fourth-order valence-electron chi connectivity index (χ4n) is 3.14. The number of aromatic nitrogens is 1. The van der Waals surface area contributed by atoms with Crippen molar-refractivity contribution in [2.24, 2.45) is 0 Å². The van der Waals surface area contributed by atoms with Crippen molar-refractivity contribution in [3.63, 3.8) is 0 Å². The molecule has 2 aromatic rings. The summed E-state index contributed by atoms with van der Waals surface area (Å²) in [6.45, 7) is 7.34. The number of carbonyl (C=O) groups is 1. The molecule has 27 heavy (non-hydrogen) atoms. The van der Waals surface area contributed by atoms with Crippen molar-refractivity contribution < 1.29 is 14.2 Å². The second kappa shape index (κ2) is 8.13. The molecule has 0 spiro atoms. The van der Waals surface area contributed by atoms with Gasteiger partial charge in [-0.25, -0.2) is 0 Å². The molecule has 1 aliphatic rings. The number of carbonyl (C=O) groups excluding carboxylic acids is 1. The van der Waals surface area contributed by atoms with Crippen LogP contribution in [-0.4, -0.2) is 52.0 Å². The molecule has 0 radical (unpaired) electrons. The Morgan fingerprint density at radius 1 is 1.26 bits per heavy atom. The van der Waals surface area contributed by atoms with Crippen LogP contribution in [0.3, 0.4) is 0 Å². The first-order valence-corrected chi connectivity index (χ1v) is 8.80. The van der Waals surface area contributed by atoms with Crippen LogP contribution in [0.1, 0.15) is 22.6 Å². The Balaban J connectivity index is 1.57. The summed E-state index contributed by atoms with van der Waals surface area (Å²) in [7, 11) is 0.